The standard InChI is InChI=1S/C20H45N7/c21-7-3-12-26-15-17-27(18-16-26)14-6-19(23)20(5-8-22)24-9-4-13-25-10-1-2-11-25/h19-20,24H,1-18,21-23H2. The van der Waals surface area contributed by atoms with E-state index in [2.05, 4.69) is 20.0 Å². The highest BCUT2D eigenvalue weighted by atomic mass is 15.3. The minimum atomic E-state index is 0.190. The van der Waals surface area contributed by atoms with Crippen molar-refractivity contribution in [3.05, 3.63) is 0 Å². The van der Waals surface area contributed by atoms with Crippen LogP contribution in [0.3, 0.4) is 0 Å². The molecule has 2 heterocycles. The lowest BCUT2D eigenvalue weighted by molar-refractivity contribution is 0.127. The molecule has 0 aromatic heterocycles. The van der Waals surface area contributed by atoms with Crippen LogP contribution in [-0.2, 0) is 0 Å². The summed E-state index contributed by atoms with van der Waals surface area (Å²) in [5.74, 6) is 0. The molecular formula is C20H45N7. The highest BCUT2D eigenvalue weighted by Gasteiger charge is 2.20. The van der Waals surface area contributed by atoms with Crippen molar-refractivity contribution < 1.29 is 0 Å². The second-order valence-electron chi connectivity index (χ2n) is 8.32. The van der Waals surface area contributed by atoms with E-state index in [1.165, 1.54) is 38.9 Å². The van der Waals surface area contributed by atoms with Crippen molar-refractivity contribution in [2.24, 2.45) is 17.2 Å². The summed E-state index contributed by atoms with van der Waals surface area (Å²) in [6, 6.07) is 0.537. The van der Waals surface area contributed by atoms with Gasteiger partial charge < -0.3 is 37.2 Å². The zero-order valence-corrected chi connectivity index (χ0v) is 17.5. The predicted molar refractivity (Wildman–Crippen MR) is 115 cm³/mol. The van der Waals surface area contributed by atoms with Gasteiger partial charge in [0.25, 0.3) is 0 Å². The minimum absolute atomic E-state index is 0.190. The highest BCUT2D eigenvalue weighted by molar-refractivity contribution is 4.82. The second-order valence-corrected chi connectivity index (χ2v) is 8.32. The van der Waals surface area contributed by atoms with Crippen molar-refractivity contribution in [2.75, 3.05) is 78.5 Å². The molecule has 2 fully saturated rings. The van der Waals surface area contributed by atoms with Crippen molar-refractivity contribution in [2.45, 2.75) is 50.6 Å². The first-order chi connectivity index (χ1) is 13.2. The Morgan fingerprint density at radius 2 is 1.30 bits per heavy atom. The summed E-state index contributed by atoms with van der Waals surface area (Å²) in [7, 11) is 0. The van der Waals surface area contributed by atoms with E-state index in [0.29, 0.717) is 12.6 Å². The fourth-order valence-electron chi connectivity index (χ4n) is 4.33. The van der Waals surface area contributed by atoms with E-state index in [1.54, 1.807) is 0 Å². The summed E-state index contributed by atoms with van der Waals surface area (Å²) in [6.45, 7) is 13.2. The predicted octanol–water partition coefficient (Wildman–Crippen LogP) is -0.537. The van der Waals surface area contributed by atoms with Crippen LogP contribution in [0.2, 0.25) is 0 Å². The number of nitrogens with two attached hydrogens (primary N) is 3. The molecule has 27 heavy (non-hydrogen) atoms. The van der Waals surface area contributed by atoms with Crippen molar-refractivity contribution in [3.63, 3.8) is 0 Å². The fourth-order valence-corrected chi connectivity index (χ4v) is 4.33. The van der Waals surface area contributed by atoms with Crippen LogP contribution in [-0.4, -0.2) is 105 Å². The van der Waals surface area contributed by atoms with Crippen molar-refractivity contribution in [3.8, 4) is 0 Å². The molecule has 2 aliphatic heterocycles. The maximum absolute atomic E-state index is 6.54. The molecule has 0 aromatic carbocycles. The van der Waals surface area contributed by atoms with Gasteiger partial charge in [0.1, 0.15) is 0 Å². The summed E-state index contributed by atoms with van der Waals surface area (Å²) < 4.78 is 0. The van der Waals surface area contributed by atoms with Crippen LogP contribution in [0.25, 0.3) is 0 Å². The van der Waals surface area contributed by atoms with Gasteiger partial charge in [-0.2, -0.15) is 0 Å². The van der Waals surface area contributed by atoms with Gasteiger partial charge in [-0.15, -0.1) is 0 Å². The second kappa shape index (κ2) is 13.8. The topological polar surface area (TPSA) is 99.8 Å². The molecule has 2 atom stereocenters. The molecule has 0 bridgehead atoms. The third-order valence-electron chi connectivity index (χ3n) is 6.17. The Hall–Kier alpha value is -0.280. The molecule has 0 radical (unpaired) electrons. The smallest absolute Gasteiger partial charge is 0.0231 e. The Morgan fingerprint density at radius 3 is 1.93 bits per heavy atom. The van der Waals surface area contributed by atoms with E-state index < -0.39 is 0 Å². The average Bonchev–Trinajstić information content (AvgIpc) is 3.21. The molecule has 0 aromatic rings. The molecule has 7 heteroatoms. The number of rotatable bonds is 14. The van der Waals surface area contributed by atoms with Crippen LogP contribution >= 0.6 is 0 Å². The molecule has 2 saturated heterocycles. The lowest BCUT2D eigenvalue weighted by Gasteiger charge is -2.35. The van der Waals surface area contributed by atoms with Gasteiger partial charge in [-0.25, -0.2) is 0 Å². The summed E-state index contributed by atoms with van der Waals surface area (Å²) in [6.07, 6.45) is 7.07. The first-order valence-electron chi connectivity index (χ1n) is 11.3. The maximum atomic E-state index is 6.54. The van der Waals surface area contributed by atoms with Crippen molar-refractivity contribution in [1.29, 1.82) is 0 Å². The molecule has 160 valence electrons. The number of nitrogens with zero attached hydrogens (tertiary/aromatic N) is 3. The highest BCUT2D eigenvalue weighted by Crippen LogP contribution is 2.09. The number of hydrogen-bond acceptors (Lipinski definition) is 7. The Morgan fingerprint density at radius 1 is 0.704 bits per heavy atom. The van der Waals surface area contributed by atoms with E-state index in [9.17, 15) is 0 Å². The van der Waals surface area contributed by atoms with Gasteiger partial charge in [-0.3, -0.25) is 0 Å². The summed E-state index contributed by atoms with van der Waals surface area (Å²) in [5, 5.41) is 3.69. The minimum Gasteiger partial charge on any atom is -0.330 e. The summed E-state index contributed by atoms with van der Waals surface area (Å²) in [5.41, 5.74) is 18.0. The molecule has 7 nitrogen and oxygen atoms in total. The van der Waals surface area contributed by atoms with E-state index in [4.69, 9.17) is 17.2 Å². The molecule has 2 rings (SSSR count). The van der Waals surface area contributed by atoms with E-state index in [0.717, 1.165) is 71.6 Å². The van der Waals surface area contributed by atoms with Gasteiger partial charge in [0.05, 0.1) is 0 Å². The number of nitrogens with one attached hydrogen (secondary N) is 1. The molecule has 0 amide bonds. The van der Waals surface area contributed by atoms with Gasteiger partial charge in [0.2, 0.25) is 0 Å². The van der Waals surface area contributed by atoms with Gasteiger partial charge in [-0.05, 0) is 90.9 Å². The van der Waals surface area contributed by atoms with Crippen molar-refractivity contribution in [1.82, 2.24) is 20.0 Å². The Kier molecular flexibility index (Phi) is 11.8. The van der Waals surface area contributed by atoms with E-state index >= 15 is 0 Å². The summed E-state index contributed by atoms with van der Waals surface area (Å²) >= 11 is 0. The average molecular weight is 384 g/mol. The lowest BCUT2D eigenvalue weighted by atomic mass is 10.0. The number of likely N-dealkylation sites (tertiary alicyclic amines) is 1. The van der Waals surface area contributed by atoms with Crippen LogP contribution in [0.1, 0.15) is 38.5 Å². The number of hydrogen-bond donors (Lipinski definition) is 4. The molecule has 2 aliphatic rings. The molecule has 0 aliphatic carbocycles. The monoisotopic (exact) mass is 383 g/mol. The van der Waals surface area contributed by atoms with Crippen molar-refractivity contribution >= 4 is 0 Å². The first-order valence-corrected chi connectivity index (χ1v) is 11.3. The first kappa shape index (κ1) is 23.0. The largest absolute Gasteiger partial charge is 0.330 e. The Bertz CT molecular complexity index is 354. The molecule has 2 unspecified atom stereocenters. The molecular weight excluding hydrogens is 338 g/mol. The van der Waals surface area contributed by atoms with Gasteiger partial charge in [-0.1, -0.05) is 0 Å². The van der Waals surface area contributed by atoms with Crippen LogP contribution in [0.5, 0.6) is 0 Å². The quantitative estimate of drug-likeness (QED) is 0.299. The fraction of sp³-hybridized carbons (Fsp3) is 1.00. The van der Waals surface area contributed by atoms with Gasteiger partial charge in [0.15, 0.2) is 0 Å². The molecule has 0 saturated carbocycles. The number of piperazine rings is 1. The maximum Gasteiger partial charge on any atom is 0.0231 e. The lowest BCUT2D eigenvalue weighted by Crippen LogP contribution is -2.50. The third-order valence-corrected chi connectivity index (χ3v) is 6.17. The SMILES string of the molecule is NCCCN1CCN(CCC(N)C(CCN)NCCCN2CCCC2)CC1. The van der Waals surface area contributed by atoms with E-state index in [-0.39, 0.29) is 6.04 Å². The van der Waals surface area contributed by atoms with Crippen LogP contribution in [0.4, 0.5) is 0 Å². The zero-order valence-electron chi connectivity index (χ0n) is 17.5. The Balaban J connectivity index is 1.58. The molecule has 0 spiro atoms. The summed E-state index contributed by atoms with van der Waals surface area (Å²) in [4.78, 5) is 7.67. The zero-order chi connectivity index (χ0) is 19.3. The third kappa shape index (κ3) is 9.17. The normalized spacial score (nSPS) is 22.3. The van der Waals surface area contributed by atoms with Crippen LogP contribution in [0.15, 0.2) is 0 Å². The van der Waals surface area contributed by atoms with Gasteiger partial charge in [0, 0.05) is 38.3 Å². The van der Waals surface area contributed by atoms with Gasteiger partial charge >= 0.3 is 0 Å². The molecule has 7 N–H and O–H groups in total. The van der Waals surface area contributed by atoms with E-state index in [1.807, 2.05) is 0 Å². The Labute approximate surface area is 167 Å². The van der Waals surface area contributed by atoms with Crippen LogP contribution in [0, 0.1) is 0 Å². The van der Waals surface area contributed by atoms with Crippen LogP contribution < -0.4 is 22.5 Å².